The minimum atomic E-state index is 0.914. The normalized spacial score (nSPS) is 14.7. The molecule has 0 aromatic carbocycles. The standard InChI is InChI=1S/C19H27N5/c1-4-8-17-19(24-9-6-5-7-10-24)23-18(13-22-17)16-11-15(20-3)12-21-14(16)2/h11-13,20H,4-10H2,1-3H3. The van der Waals surface area contributed by atoms with Gasteiger partial charge in [-0.15, -0.1) is 0 Å². The SMILES string of the molecule is CCCc1ncc(-c2cc(NC)cnc2C)nc1N1CCCCC1. The highest BCUT2D eigenvalue weighted by atomic mass is 15.2. The summed E-state index contributed by atoms with van der Waals surface area (Å²) in [5.74, 6) is 1.07. The van der Waals surface area contributed by atoms with Crippen LogP contribution in [0.4, 0.5) is 11.5 Å². The van der Waals surface area contributed by atoms with Crippen molar-refractivity contribution in [1.29, 1.82) is 0 Å². The molecule has 0 bridgehead atoms. The van der Waals surface area contributed by atoms with Crippen LogP contribution in [0.2, 0.25) is 0 Å². The van der Waals surface area contributed by atoms with Gasteiger partial charge in [0.25, 0.3) is 0 Å². The highest BCUT2D eigenvalue weighted by molar-refractivity contribution is 5.67. The molecule has 0 radical (unpaired) electrons. The maximum atomic E-state index is 5.02. The van der Waals surface area contributed by atoms with Gasteiger partial charge in [0.05, 0.1) is 29.5 Å². The van der Waals surface area contributed by atoms with Gasteiger partial charge in [-0.3, -0.25) is 9.97 Å². The molecule has 2 aromatic rings. The molecule has 3 heterocycles. The molecule has 5 heteroatoms. The molecule has 1 aliphatic heterocycles. The van der Waals surface area contributed by atoms with Crippen molar-refractivity contribution in [1.82, 2.24) is 15.0 Å². The number of piperidine rings is 1. The Morgan fingerprint density at radius 1 is 1.12 bits per heavy atom. The molecule has 0 aliphatic carbocycles. The van der Waals surface area contributed by atoms with Gasteiger partial charge in [0, 0.05) is 31.4 Å². The first kappa shape index (κ1) is 16.7. The van der Waals surface area contributed by atoms with Crippen molar-refractivity contribution in [2.45, 2.75) is 46.0 Å². The summed E-state index contributed by atoms with van der Waals surface area (Å²) < 4.78 is 0. The summed E-state index contributed by atoms with van der Waals surface area (Å²) in [6.45, 7) is 6.39. The van der Waals surface area contributed by atoms with Crippen LogP contribution in [0.1, 0.15) is 44.0 Å². The van der Waals surface area contributed by atoms with Crippen LogP contribution in [0.3, 0.4) is 0 Å². The minimum Gasteiger partial charge on any atom is -0.387 e. The van der Waals surface area contributed by atoms with E-state index in [1.807, 2.05) is 26.4 Å². The highest BCUT2D eigenvalue weighted by Gasteiger charge is 2.18. The zero-order valence-corrected chi connectivity index (χ0v) is 15.0. The van der Waals surface area contributed by atoms with Crippen LogP contribution in [-0.2, 0) is 6.42 Å². The number of rotatable bonds is 5. The first-order valence-electron chi connectivity index (χ1n) is 8.98. The fourth-order valence-corrected chi connectivity index (χ4v) is 3.24. The molecule has 3 rings (SSSR count). The van der Waals surface area contributed by atoms with Crippen LogP contribution >= 0.6 is 0 Å². The number of hydrogen-bond donors (Lipinski definition) is 1. The van der Waals surface area contributed by atoms with Crippen molar-refractivity contribution >= 4 is 11.5 Å². The van der Waals surface area contributed by atoms with Crippen LogP contribution in [-0.4, -0.2) is 35.1 Å². The smallest absolute Gasteiger partial charge is 0.151 e. The number of anilines is 2. The molecule has 24 heavy (non-hydrogen) atoms. The van der Waals surface area contributed by atoms with E-state index < -0.39 is 0 Å². The van der Waals surface area contributed by atoms with Crippen LogP contribution in [0.15, 0.2) is 18.5 Å². The molecule has 0 spiro atoms. The van der Waals surface area contributed by atoms with Crippen molar-refractivity contribution in [2.75, 3.05) is 30.4 Å². The molecule has 0 amide bonds. The molecule has 0 atom stereocenters. The monoisotopic (exact) mass is 325 g/mol. The summed E-state index contributed by atoms with van der Waals surface area (Å²) in [5.41, 5.74) is 5.07. The Bertz CT molecular complexity index is 692. The molecule has 5 nitrogen and oxygen atoms in total. The van der Waals surface area contributed by atoms with Crippen molar-refractivity contribution in [2.24, 2.45) is 0 Å². The van der Waals surface area contributed by atoms with Gasteiger partial charge in [0.15, 0.2) is 5.82 Å². The van der Waals surface area contributed by atoms with Crippen LogP contribution in [0.25, 0.3) is 11.3 Å². The zero-order valence-electron chi connectivity index (χ0n) is 15.0. The molecular formula is C19H27N5. The van der Waals surface area contributed by atoms with E-state index in [1.165, 1.54) is 19.3 Å². The molecule has 1 fully saturated rings. The van der Waals surface area contributed by atoms with Crippen molar-refractivity contribution in [3.8, 4) is 11.3 Å². The summed E-state index contributed by atoms with van der Waals surface area (Å²) in [4.78, 5) is 16.7. The van der Waals surface area contributed by atoms with Crippen LogP contribution in [0.5, 0.6) is 0 Å². The number of hydrogen-bond acceptors (Lipinski definition) is 5. The summed E-state index contributed by atoms with van der Waals surface area (Å²) in [6.07, 6.45) is 9.63. The Morgan fingerprint density at radius 2 is 1.92 bits per heavy atom. The second kappa shape index (κ2) is 7.60. The van der Waals surface area contributed by atoms with Gasteiger partial charge in [-0.2, -0.15) is 0 Å². The maximum absolute atomic E-state index is 5.02. The first-order valence-corrected chi connectivity index (χ1v) is 8.98. The molecular weight excluding hydrogens is 298 g/mol. The van der Waals surface area contributed by atoms with Gasteiger partial charge in [-0.05, 0) is 38.7 Å². The molecule has 128 valence electrons. The predicted octanol–water partition coefficient (Wildman–Crippen LogP) is 3.83. The van der Waals surface area contributed by atoms with Crippen molar-refractivity contribution < 1.29 is 0 Å². The average molecular weight is 325 g/mol. The quantitative estimate of drug-likeness (QED) is 0.905. The third-order valence-electron chi connectivity index (χ3n) is 4.62. The van der Waals surface area contributed by atoms with E-state index in [1.54, 1.807) is 0 Å². The lowest BCUT2D eigenvalue weighted by Crippen LogP contribution is -2.31. The van der Waals surface area contributed by atoms with E-state index in [-0.39, 0.29) is 0 Å². The summed E-state index contributed by atoms with van der Waals surface area (Å²) in [7, 11) is 1.91. The maximum Gasteiger partial charge on any atom is 0.151 e. The van der Waals surface area contributed by atoms with Gasteiger partial charge >= 0.3 is 0 Å². The Labute approximate surface area is 144 Å². The molecule has 0 saturated carbocycles. The first-order chi connectivity index (χ1) is 11.7. The van der Waals surface area contributed by atoms with E-state index in [2.05, 4.69) is 28.2 Å². The van der Waals surface area contributed by atoms with E-state index in [4.69, 9.17) is 9.97 Å². The summed E-state index contributed by atoms with van der Waals surface area (Å²) in [6, 6.07) is 2.10. The second-order valence-electron chi connectivity index (χ2n) is 6.43. The lowest BCUT2D eigenvalue weighted by atomic mass is 10.1. The Balaban J connectivity index is 2.03. The van der Waals surface area contributed by atoms with E-state index in [0.717, 1.165) is 60.1 Å². The van der Waals surface area contributed by atoms with Crippen LogP contribution < -0.4 is 10.2 Å². The number of aromatic nitrogens is 3. The number of nitrogens with one attached hydrogen (secondary N) is 1. The van der Waals surface area contributed by atoms with Crippen molar-refractivity contribution in [3.05, 3.63) is 29.8 Å². The Morgan fingerprint density at radius 3 is 2.62 bits per heavy atom. The van der Waals surface area contributed by atoms with Gasteiger partial charge in [0.2, 0.25) is 0 Å². The third-order valence-corrected chi connectivity index (χ3v) is 4.62. The summed E-state index contributed by atoms with van der Waals surface area (Å²) >= 11 is 0. The fraction of sp³-hybridized carbons (Fsp3) is 0.526. The van der Waals surface area contributed by atoms with Gasteiger partial charge in [-0.1, -0.05) is 13.3 Å². The molecule has 1 N–H and O–H groups in total. The fourth-order valence-electron chi connectivity index (χ4n) is 3.24. The largest absolute Gasteiger partial charge is 0.387 e. The Hall–Kier alpha value is -2.17. The Kier molecular flexibility index (Phi) is 5.28. The van der Waals surface area contributed by atoms with Crippen molar-refractivity contribution in [3.63, 3.8) is 0 Å². The molecule has 1 saturated heterocycles. The van der Waals surface area contributed by atoms with E-state index in [0.29, 0.717) is 0 Å². The van der Waals surface area contributed by atoms with Crippen LogP contribution in [0, 0.1) is 6.92 Å². The third kappa shape index (κ3) is 3.50. The zero-order chi connectivity index (χ0) is 16.9. The van der Waals surface area contributed by atoms with Gasteiger partial charge in [-0.25, -0.2) is 4.98 Å². The van der Waals surface area contributed by atoms with Gasteiger partial charge < -0.3 is 10.2 Å². The molecule has 1 aliphatic rings. The average Bonchev–Trinajstić information content (AvgIpc) is 2.63. The lowest BCUT2D eigenvalue weighted by molar-refractivity contribution is 0.570. The number of pyridine rings is 1. The molecule has 0 unspecified atom stereocenters. The topological polar surface area (TPSA) is 53.9 Å². The number of nitrogens with zero attached hydrogens (tertiary/aromatic N) is 4. The summed E-state index contributed by atoms with van der Waals surface area (Å²) in [5, 5.41) is 3.15. The second-order valence-corrected chi connectivity index (χ2v) is 6.43. The predicted molar refractivity (Wildman–Crippen MR) is 99.6 cm³/mol. The number of aryl methyl sites for hydroxylation is 2. The highest BCUT2D eigenvalue weighted by Crippen LogP contribution is 2.28. The molecule has 2 aromatic heterocycles. The minimum absolute atomic E-state index is 0.914. The lowest BCUT2D eigenvalue weighted by Gasteiger charge is -2.29. The van der Waals surface area contributed by atoms with Gasteiger partial charge in [0.1, 0.15) is 0 Å². The van der Waals surface area contributed by atoms with E-state index in [9.17, 15) is 0 Å². The van der Waals surface area contributed by atoms with E-state index >= 15 is 0 Å².